The molecule has 7 heteroatoms. The Balaban J connectivity index is 0.00000256. The number of hydrogen-bond acceptors (Lipinski definition) is 4. The van der Waals surface area contributed by atoms with Crippen molar-refractivity contribution >= 4 is 24.2 Å². The zero-order valence-electron chi connectivity index (χ0n) is 17.7. The van der Waals surface area contributed by atoms with Gasteiger partial charge in [0.25, 0.3) is 0 Å². The number of piperazine rings is 1. The van der Waals surface area contributed by atoms with Gasteiger partial charge in [-0.05, 0) is 62.6 Å². The summed E-state index contributed by atoms with van der Waals surface area (Å²) in [5, 5.41) is 3.12. The fourth-order valence-corrected chi connectivity index (χ4v) is 4.83. The van der Waals surface area contributed by atoms with Crippen molar-refractivity contribution in [2.75, 3.05) is 32.7 Å². The highest BCUT2D eigenvalue weighted by molar-refractivity contribution is 5.85. The topological polar surface area (TPSA) is 61.9 Å². The van der Waals surface area contributed by atoms with E-state index in [0.717, 1.165) is 63.1 Å². The van der Waals surface area contributed by atoms with E-state index < -0.39 is 0 Å². The van der Waals surface area contributed by atoms with E-state index in [1.807, 2.05) is 21.9 Å². The lowest BCUT2D eigenvalue weighted by Gasteiger charge is -2.41. The highest BCUT2D eigenvalue weighted by Crippen LogP contribution is 2.25. The molecule has 1 aromatic rings. The van der Waals surface area contributed by atoms with E-state index in [-0.39, 0.29) is 30.3 Å². The minimum Gasteiger partial charge on any atom is -0.490 e. The van der Waals surface area contributed by atoms with Gasteiger partial charge in [-0.1, -0.05) is 12.1 Å². The van der Waals surface area contributed by atoms with Gasteiger partial charge in [-0.15, -0.1) is 12.4 Å². The summed E-state index contributed by atoms with van der Waals surface area (Å²) in [7, 11) is 0. The SMILES string of the molecule is Cl.O=C(CCc1cccc(OC2CCCC2)c1)N1CCCC(N2CCNCC2=O)C1. The first-order valence-corrected chi connectivity index (χ1v) is 11.2. The summed E-state index contributed by atoms with van der Waals surface area (Å²) in [6.45, 7) is 3.49. The molecule has 1 aliphatic carbocycles. The average molecular weight is 436 g/mol. The number of carbonyl (C=O) groups is 2. The van der Waals surface area contributed by atoms with Gasteiger partial charge in [-0.2, -0.15) is 0 Å². The van der Waals surface area contributed by atoms with Crippen molar-refractivity contribution in [1.82, 2.24) is 15.1 Å². The Morgan fingerprint density at radius 3 is 2.77 bits per heavy atom. The van der Waals surface area contributed by atoms with E-state index in [9.17, 15) is 9.59 Å². The smallest absolute Gasteiger partial charge is 0.236 e. The molecule has 166 valence electrons. The molecule has 2 saturated heterocycles. The third kappa shape index (κ3) is 5.88. The third-order valence-corrected chi connectivity index (χ3v) is 6.45. The van der Waals surface area contributed by atoms with Gasteiger partial charge in [0.2, 0.25) is 11.8 Å². The number of amides is 2. The predicted octanol–water partition coefficient (Wildman–Crippen LogP) is 2.79. The van der Waals surface area contributed by atoms with Crippen molar-refractivity contribution in [1.29, 1.82) is 0 Å². The van der Waals surface area contributed by atoms with Gasteiger partial charge in [0.15, 0.2) is 0 Å². The maximum Gasteiger partial charge on any atom is 0.236 e. The first-order chi connectivity index (χ1) is 14.2. The lowest BCUT2D eigenvalue weighted by molar-refractivity contribution is -0.140. The summed E-state index contributed by atoms with van der Waals surface area (Å²) in [5.74, 6) is 1.28. The summed E-state index contributed by atoms with van der Waals surface area (Å²) in [6.07, 6.45) is 8.37. The maximum absolute atomic E-state index is 12.8. The number of ether oxygens (including phenoxy) is 1. The minimum atomic E-state index is 0. The number of halogens is 1. The fourth-order valence-electron chi connectivity index (χ4n) is 4.83. The van der Waals surface area contributed by atoms with Gasteiger partial charge in [0.05, 0.1) is 12.6 Å². The molecule has 6 nitrogen and oxygen atoms in total. The Hall–Kier alpha value is -1.79. The molecule has 4 rings (SSSR count). The van der Waals surface area contributed by atoms with Gasteiger partial charge in [-0.25, -0.2) is 0 Å². The average Bonchev–Trinajstić information content (AvgIpc) is 3.26. The van der Waals surface area contributed by atoms with Gasteiger partial charge >= 0.3 is 0 Å². The van der Waals surface area contributed by atoms with E-state index in [1.165, 1.54) is 12.8 Å². The van der Waals surface area contributed by atoms with Crippen molar-refractivity contribution in [3.8, 4) is 5.75 Å². The summed E-state index contributed by atoms with van der Waals surface area (Å²) in [5.41, 5.74) is 1.15. The Kier molecular flexibility index (Phi) is 8.40. The molecule has 1 atom stereocenters. The fraction of sp³-hybridized carbons (Fsp3) is 0.652. The van der Waals surface area contributed by atoms with Gasteiger partial charge in [0, 0.05) is 38.6 Å². The molecule has 3 aliphatic rings. The molecule has 30 heavy (non-hydrogen) atoms. The first kappa shape index (κ1) is 22.9. The van der Waals surface area contributed by atoms with Crippen molar-refractivity contribution in [2.45, 2.75) is 63.5 Å². The van der Waals surface area contributed by atoms with Crippen LogP contribution in [-0.4, -0.2) is 66.5 Å². The second-order valence-corrected chi connectivity index (χ2v) is 8.57. The number of piperidine rings is 1. The van der Waals surface area contributed by atoms with Crippen LogP contribution in [0.25, 0.3) is 0 Å². The molecule has 1 aromatic carbocycles. The van der Waals surface area contributed by atoms with Crippen LogP contribution < -0.4 is 10.1 Å². The molecule has 0 bridgehead atoms. The van der Waals surface area contributed by atoms with Gasteiger partial charge in [-0.3, -0.25) is 9.59 Å². The molecule has 1 saturated carbocycles. The second-order valence-electron chi connectivity index (χ2n) is 8.57. The largest absolute Gasteiger partial charge is 0.490 e. The molecule has 2 aliphatic heterocycles. The predicted molar refractivity (Wildman–Crippen MR) is 119 cm³/mol. The van der Waals surface area contributed by atoms with E-state index in [0.29, 0.717) is 25.6 Å². The van der Waals surface area contributed by atoms with Crippen LogP contribution in [-0.2, 0) is 16.0 Å². The van der Waals surface area contributed by atoms with Crippen LogP contribution in [0.15, 0.2) is 24.3 Å². The third-order valence-electron chi connectivity index (χ3n) is 6.45. The van der Waals surface area contributed by atoms with E-state index in [1.54, 1.807) is 0 Å². The number of hydrogen-bond donors (Lipinski definition) is 1. The quantitative estimate of drug-likeness (QED) is 0.746. The normalized spacial score (nSPS) is 22.7. The summed E-state index contributed by atoms with van der Waals surface area (Å²) < 4.78 is 6.09. The molecule has 0 radical (unpaired) electrons. The number of aryl methyl sites for hydroxylation is 1. The van der Waals surface area contributed by atoms with Crippen LogP contribution in [0.4, 0.5) is 0 Å². The zero-order chi connectivity index (χ0) is 20.1. The van der Waals surface area contributed by atoms with Crippen LogP contribution >= 0.6 is 12.4 Å². The Morgan fingerprint density at radius 2 is 1.97 bits per heavy atom. The van der Waals surface area contributed by atoms with Gasteiger partial charge < -0.3 is 19.9 Å². The van der Waals surface area contributed by atoms with Crippen molar-refractivity contribution in [2.24, 2.45) is 0 Å². The number of nitrogens with zero attached hydrogens (tertiary/aromatic N) is 2. The number of likely N-dealkylation sites (tertiary alicyclic amines) is 1. The van der Waals surface area contributed by atoms with Crippen LogP contribution in [0.1, 0.15) is 50.5 Å². The summed E-state index contributed by atoms with van der Waals surface area (Å²) in [6, 6.07) is 8.38. The molecule has 1 N–H and O–H groups in total. The molecular weight excluding hydrogens is 402 g/mol. The van der Waals surface area contributed by atoms with Crippen molar-refractivity contribution in [3.63, 3.8) is 0 Å². The highest BCUT2D eigenvalue weighted by atomic mass is 35.5. The van der Waals surface area contributed by atoms with E-state index >= 15 is 0 Å². The van der Waals surface area contributed by atoms with E-state index in [2.05, 4.69) is 17.4 Å². The molecule has 0 aromatic heterocycles. The van der Waals surface area contributed by atoms with Crippen LogP contribution in [0.2, 0.25) is 0 Å². The maximum atomic E-state index is 12.8. The highest BCUT2D eigenvalue weighted by Gasteiger charge is 2.31. The Bertz CT molecular complexity index is 723. The molecule has 2 amide bonds. The molecule has 3 fully saturated rings. The molecule has 2 heterocycles. The Morgan fingerprint density at radius 1 is 1.13 bits per heavy atom. The number of nitrogens with one attached hydrogen (secondary N) is 1. The van der Waals surface area contributed by atoms with Crippen LogP contribution in [0.5, 0.6) is 5.75 Å². The summed E-state index contributed by atoms with van der Waals surface area (Å²) >= 11 is 0. The monoisotopic (exact) mass is 435 g/mol. The number of carbonyl (C=O) groups excluding carboxylic acids is 2. The molecular formula is C23H34ClN3O3. The van der Waals surface area contributed by atoms with E-state index in [4.69, 9.17) is 4.74 Å². The standard InChI is InChI=1S/C23H33N3O3.ClH/c27-22(25-13-4-6-19(17-25)26-14-12-24-16-23(26)28)11-10-18-5-3-9-21(15-18)29-20-7-1-2-8-20;/h3,5,9,15,19-20,24H,1-2,4,6-8,10-14,16-17H2;1H. The minimum absolute atomic E-state index is 0. The second kappa shape index (κ2) is 11.0. The Labute approximate surface area is 185 Å². The number of benzene rings is 1. The lowest BCUT2D eigenvalue weighted by Crippen LogP contribution is -2.57. The molecule has 0 spiro atoms. The lowest BCUT2D eigenvalue weighted by atomic mass is 10.0. The van der Waals surface area contributed by atoms with Crippen molar-refractivity contribution in [3.05, 3.63) is 29.8 Å². The van der Waals surface area contributed by atoms with Crippen LogP contribution in [0, 0.1) is 0 Å². The van der Waals surface area contributed by atoms with Gasteiger partial charge in [0.1, 0.15) is 5.75 Å². The number of rotatable bonds is 6. The van der Waals surface area contributed by atoms with Crippen molar-refractivity contribution < 1.29 is 14.3 Å². The molecule has 1 unspecified atom stereocenters. The first-order valence-electron chi connectivity index (χ1n) is 11.2. The zero-order valence-corrected chi connectivity index (χ0v) is 18.5. The summed E-state index contributed by atoms with van der Waals surface area (Å²) in [4.78, 5) is 28.9. The van der Waals surface area contributed by atoms with Crippen LogP contribution in [0.3, 0.4) is 0 Å².